The van der Waals surface area contributed by atoms with Gasteiger partial charge in [0.1, 0.15) is 11.6 Å². The molecule has 1 unspecified atom stereocenters. The molecule has 1 aliphatic heterocycles. The fourth-order valence-corrected chi connectivity index (χ4v) is 7.58. The van der Waals surface area contributed by atoms with Crippen molar-refractivity contribution in [2.24, 2.45) is 5.73 Å². The van der Waals surface area contributed by atoms with Crippen LogP contribution < -0.4 is 11.3 Å². The zero-order chi connectivity index (χ0) is 31.3. The number of sulfonamides is 1. The number of alkyl halides is 3. The van der Waals surface area contributed by atoms with E-state index in [1.54, 1.807) is 37.3 Å². The van der Waals surface area contributed by atoms with Crippen LogP contribution in [0.4, 0.5) is 13.2 Å². The molecule has 0 radical (unpaired) electrons. The lowest BCUT2D eigenvalue weighted by molar-refractivity contribution is -0.141. The molecule has 0 saturated carbocycles. The lowest BCUT2D eigenvalue weighted by atomic mass is 9.89. The molecule has 43 heavy (non-hydrogen) atoms. The van der Waals surface area contributed by atoms with Crippen molar-refractivity contribution in [1.82, 2.24) is 8.87 Å². The quantitative estimate of drug-likeness (QED) is 0.316. The SMILES string of the molecule is CCCN1CC(C(=O)O)n2c(c(-c3cccc(C(F)(F)F)c3)c(Cc3cccc4ccccc34)c(C(N)=O)c2=O)S1(=O)=O. The van der Waals surface area contributed by atoms with E-state index in [1.807, 2.05) is 12.1 Å². The average Bonchev–Trinajstić information content (AvgIpc) is 2.94. The van der Waals surface area contributed by atoms with Crippen LogP contribution >= 0.6 is 0 Å². The fraction of sp³-hybridized carbons (Fsp3) is 0.233. The van der Waals surface area contributed by atoms with Gasteiger partial charge in [-0.3, -0.25) is 14.2 Å². The number of benzene rings is 3. The molecule has 0 saturated heterocycles. The van der Waals surface area contributed by atoms with Gasteiger partial charge >= 0.3 is 12.1 Å². The summed E-state index contributed by atoms with van der Waals surface area (Å²) in [7, 11) is -4.66. The molecule has 3 aromatic carbocycles. The maximum atomic E-state index is 14.1. The van der Waals surface area contributed by atoms with Crippen molar-refractivity contribution in [3.8, 4) is 11.1 Å². The molecule has 0 aliphatic carbocycles. The second-order valence-corrected chi connectivity index (χ2v) is 12.0. The fourth-order valence-electron chi connectivity index (χ4n) is 5.61. The van der Waals surface area contributed by atoms with Gasteiger partial charge in [0.2, 0.25) is 0 Å². The van der Waals surface area contributed by atoms with E-state index in [0.29, 0.717) is 21.6 Å². The number of nitrogens with two attached hydrogens (primary N) is 1. The predicted molar refractivity (Wildman–Crippen MR) is 152 cm³/mol. The minimum absolute atomic E-state index is 0.113. The summed E-state index contributed by atoms with van der Waals surface area (Å²) in [5.41, 5.74) is 2.28. The molecule has 0 spiro atoms. The van der Waals surface area contributed by atoms with E-state index >= 15 is 0 Å². The predicted octanol–water partition coefficient (Wildman–Crippen LogP) is 4.42. The van der Waals surface area contributed by atoms with Gasteiger partial charge in [-0.15, -0.1) is 0 Å². The topological polar surface area (TPSA) is 140 Å². The van der Waals surface area contributed by atoms with Gasteiger partial charge < -0.3 is 10.8 Å². The summed E-state index contributed by atoms with van der Waals surface area (Å²) in [4.78, 5) is 39.3. The van der Waals surface area contributed by atoms with Crippen molar-refractivity contribution in [3.05, 3.63) is 99.3 Å². The van der Waals surface area contributed by atoms with E-state index in [1.165, 1.54) is 6.07 Å². The highest BCUT2D eigenvalue weighted by Crippen LogP contribution is 2.41. The van der Waals surface area contributed by atoms with E-state index in [0.717, 1.165) is 21.8 Å². The summed E-state index contributed by atoms with van der Waals surface area (Å²) in [6.07, 6.45) is -4.80. The Morgan fingerprint density at radius 1 is 1.05 bits per heavy atom. The Morgan fingerprint density at radius 2 is 1.72 bits per heavy atom. The van der Waals surface area contributed by atoms with E-state index < -0.39 is 62.4 Å². The molecule has 1 atom stereocenters. The van der Waals surface area contributed by atoms with Crippen LogP contribution in [0, 0.1) is 0 Å². The third kappa shape index (κ3) is 5.19. The van der Waals surface area contributed by atoms with Crippen molar-refractivity contribution >= 4 is 32.7 Å². The Balaban J connectivity index is 1.99. The zero-order valence-corrected chi connectivity index (χ0v) is 23.6. The first kappa shape index (κ1) is 30.0. The number of carboxylic acid groups (broad SMARTS) is 1. The van der Waals surface area contributed by atoms with E-state index in [4.69, 9.17) is 5.73 Å². The van der Waals surface area contributed by atoms with E-state index in [2.05, 4.69) is 0 Å². The molecule has 224 valence electrons. The Bertz CT molecular complexity index is 1950. The van der Waals surface area contributed by atoms with Gasteiger partial charge in [0.25, 0.3) is 21.5 Å². The molecule has 3 N–H and O–H groups in total. The number of nitrogens with zero attached hydrogens (tertiary/aromatic N) is 2. The minimum Gasteiger partial charge on any atom is -0.480 e. The van der Waals surface area contributed by atoms with E-state index in [-0.39, 0.29) is 36.1 Å². The van der Waals surface area contributed by atoms with Crippen LogP contribution in [-0.4, -0.2) is 47.4 Å². The number of aliphatic carboxylic acids is 1. The van der Waals surface area contributed by atoms with Crippen molar-refractivity contribution < 1.29 is 36.3 Å². The molecule has 13 heteroatoms. The molecule has 1 aromatic heterocycles. The lowest BCUT2D eigenvalue weighted by Crippen LogP contribution is -2.51. The van der Waals surface area contributed by atoms with Crippen LogP contribution in [0.3, 0.4) is 0 Å². The van der Waals surface area contributed by atoms with Crippen LogP contribution in [0.5, 0.6) is 0 Å². The molecule has 1 aliphatic rings. The Kier molecular flexibility index (Phi) is 7.65. The van der Waals surface area contributed by atoms with Gasteiger partial charge in [-0.2, -0.15) is 17.5 Å². The van der Waals surface area contributed by atoms with Gasteiger partial charge in [0, 0.05) is 18.7 Å². The summed E-state index contributed by atoms with van der Waals surface area (Å²) < 4.78 is 71.2. The minimum atomic E-state index is -4.82. The average molecular weight is 614 g/mol. The number of hydrogen-bond acceptors (Lipinski definition) is 5. The third-order valence-corrected chi connectivity index (χ3v) is 9.37. The molecular weight excluding hydrogens is 587 g/mol. The van der Waals surface area contributed by atoms with Crippen LogP contribution in [0.1, 0.15) is 46.4 Å². The first-order valence-electron chi connectivity index (χ1n) is 13.3. The van der Waals surface area contributed by atoms with Gasteiger partial charge in [0.15, 0.2) is 5.03 Å². The first-order chi connectivity index (χ1) is 20.3. The van der Waals surface area contributed by atoms with Crippen molar-refractivity contribution in [2.45, 2.75) is 37.0 Å². The number of halogens is 3. The third-order valence-electron chi connectivity index (χ3n) is 7.47. The molecule has 0 bridgehead atoms. The Labute approximate surface area is 244 Å². The van der Waals surface area contributed by atoms with Gasteiger partial charge in [-0.1, -0.05) is 61.5 Å². The van der Waals surface area contributed by atoms with Crippen LogP contribution in [0.25, 0.3) is 21.9 Å². The number of hydrogen-bond donors (Lipinski definition) is 2. The summed E-state index contributed by atoms with van der Waals surface area (Å²) >= 11 is 0. The number of aromatic nitrogens is 1. The van der Waals surface area contributed by atoms with Gasteiger partial charge in [-0.05, 0) is 52.4 Å². The Hall–Kier alpha value is -4.49. The van der Waals surface area contributed by atoms with Crippen LogP contribution in [0.15, 0.2) is 76.6 Å². The lowest BCUT2D eigenvalue weighted by Gasteiger charge is -2.35. The highest BCUT2D eigenvalue weighted by molar-refractivity contribution is 7.89. The number of rotatable bonds is 7. The van der Waals surface area contributed by atoms with E-state index in [9.17, 15) is 41.1 Å². The first-order valence-corrected chi connectivity index (χ1v) is 14.7. The maximum absolute atomic E-state index is 14.1. The summed E-state index contributed by atoms with van der Waals surface area (Å²) in [5, 5.41) is 10.8. The summed E-state index contributed by atoms with van der Waals surface area (Å²) in [6, 6.07) is 14.3. The number of primary amides is 1. The molecule has 4 aromatic rings. The Morgan fingerprint density at radius 3 is 2.37 bits per heavy atom. The second kappa shape index (κ2) is 11.0. The van der Waals surface area contributed by atoms with Crippen molar-refractivity contribution in [1.29, 1.82) is 0 Å². The highest BCUT2D eigenvalue weighted by atomic mass is 32.2. The second-order valence-electron chi connectivity index (χ2n) is 10.2. The van der Waals surface area contributed by atoms with Crippen LogP contribution in [0.2, 0.25) is 0 Å². The van der Waals surface area contributed by atoms with Gasteiger partial charge in [0.05, 0.1) is 5.56 Å². The number of carboxylic acids is 1. The molecule has 5 rings (SSSR count). The smallest absolute Gasteiger partial charge is 0.416 e. The number of carbonyl (C=O) groups excluding carboxylic acids is 1. The van der Waals surface area contributed by atoms with Crippen molar-refractivity contribution in [3.63, 3.8) is 0 Å². The monoisotopic (exact) mass is 613 g/mol. The molecule has 2 heterocycles. The molecule has 1 amide bonds. The van der Waals surface area contributed by atoms with Crippen molar-refractivity contribution in [2.75, 3.05) is 13.1 Å². The number of pyridine rings is 1. The summed E-state index contributed by atoms with van der Waals surface area (Å²) in [5.74, 6) is -2.84. The molecular formula is C30H26F3N3O6S. The zero-order valence-electron chi connectivity index (χ0n) is 22.8. The normalized spacial score (nSPS) is 16.6. The molecule has 9 nitrogen and oxygen atoms in total. The standard InChI is InChI=1S/C30H26F3N3O6S/c1-2-13-35-16-23(29(39)40)36-27(38)25(26(34)37)22(15-18-9-5-8-17-7-3-4-12-21(17)18)24(28(36)43(35,41)42)19-10-6-11-20(14-19)30(31,32)33/h3-12,14,23H,2,13,15-16H2,1H3,(H2,34,37)(H,39,40). The van der Waals surface area contributed by atoms with Gasteiger partial charge in [-0.25, -0.2) is 13.2 Å². The summed E-state index contributed by atoms with van der Waals surface area (Å²) in [6.45, 7) is 0.933. The molecule has 0 fully saturated rings. The number of carbonyl (C=O) groups is 2. The highest BCUT2D eigenvalue weighted by Gasteiger charge is 2.45. The largest absolute Gasteiger partial charge is 0.480 e. The maximum Gasteiger partial charge on any atom is 0.416 e. The number of fused-ring (bicyclic) bond motifs is 2. The number of amides is 1. The van der Waals surface area contributed by atoms with Crippen LogP contribution in [-0.2, 0) is 27.4 Å².